The highest BCUT2D eigenvalue weighted by molar-refractivity contribution is 6.09. The zero-order valence-electron chi connectivity index (χ0n) is 14.9. The molecule has 4 amide bonds. The first-order valence-corrected chi connectivity index (χ1v) is 9.25. The summed E-state index contributed by atoms with van der Waals surface area (Å²) in [6.07, 6.45) is 6.37. The highest BCUT2D eigenvalue weighted by atomic mass is 16.2. The molecule has 3 aliphatic rings. The van der Waals surface area contributed by atoms with E-state index in [0.717, 1.165) is 17.0 Å². The fourth-order valence-electron chi connectivity index (χ4n) is 4.01. The van der Waals surface area contributed by atoms with Crippen LogP contribution in [0.5, 0.6) is 0 Å². The molecule has 0 bridgehead atoms. The first-order chi connectivity index (χ1) is 13.0. The lowest BCUT2D eigenvalue weighted by atomic mass is 9.85. The number of hydrogen-bond acceptors (Lipinski definition) is 4. The van der Waals surface area contributed by atoms with E-state index in [0.29, 0.717) is 31.5 Å². The number of benzene rings is 1. The summed E-state index contributed by atoms with van der Waals surface area (Å²) in [6.45, 7) is 0.442. The second kappa shape index (κ2) is 6.98. The Morgan fingerprint density at radius 3 is 2.19 bits per heavy atom. The molecule has 0 spiro atoms. The fourth-order valence-corrected chi connectivity index (χ4v) is 4.01. The van der Waals surface area contributed by atoms with Crippen LogP contribution in [0.2, 0.25) is 0 Å². The number of allylic oxidation sites excluding steroid dienone is 2. The third-order valence-corrected chi connectivity index (χ3v) is 5.44. The second-order valence-corrected chi connectivity index (χ2v) is 7.16. The largest absolute Gasteiger partial charge is 0.325 e. The summed E-state index contributed by atoms with van der Waals surface area (Å²) >= 11 is 0. The molecule has 2 atom stereocenters. The fraction of sp³-hybridized carbons (Fsp3) is 0.400. The van der Waals surface area contributed by atoms with Gasteiger partial charge in [0.05, 0.1) is 11.8 Å². The second-order valence-electron chi connectivity index (χ2n) is 7.16. The number of carbonyl (C=O) groups is 4. The number of amides is 4. The molecule has 0 unspecified atom stereocenters. The van der Waals surface area contributed by atoms with Crippen LogP contribution in [0.1, 0.15) is 25.7 Å². The number of hydrogen-bond donors (Lipinski definition) is 1. The van der Waals surface area contributed by atoms with Crippen LogP contribution in [0.15, 0.2) is 36.4 Å². The highest BCUT2D eigenvalue weighted by Crippen LogP contribution is 2.34. The zero-order chi connectivity index (χ0) is 19.0. The van der Waals surface area contributed by atoms with Crippen LogP contribution in [-0.2, 0) is 19.2 Å². The van der Waals surface area contributed by atoms with Gasteiger partial charge in [0.25, 0.3) is 0 Å². The Morgan fingerprint density at radius 1 is 1.00 bits per heavy atom. The molecule has 2 heterocycles. The maximum Gasteiger partial charge on any atom is 0.244 e. The van der Waals surface area contributed by atoms with Crippen molar-refractivity contribution in [3.8, 4) is 0 Å². The number of nitrogens with zero attached hydrogens (tertiary/aromatic N) is 2. The van der Waals surface area contributed by atoms with E-state index in [9.17, 15) is 19.2 Å². The number of carbonyl (C=O) groups excluding carboxylic acids is 4. The van der Waals surface area contributed by atoms with Gasteiger partial charge < -0.3 is 10.2 Å². The van der Waals surface area contributed by atoms with E-state index >= 15 is 0 Å². The van der Waals surface area contributed by atoms with E-state index < -0.39 is 5.91 Å². The summed E-state index contributed by atoms with van der Waals surface area (Å²) < 4.78 is 0. The van der Waals surface area contributed by atoms with E-state index in [1.807, 2.05) is 12.2 Å². The Balaban J connectivity index is 1.37. The summed E-state index contributed by atoms with van der Waals surface area (Å²) in [5.41, 5.74) is 1.37. The van der Waals surface area contributed by atoms with Crippen molar-refractivity contribution in [3.63, 3.8) is 0 Å². The third-order valence-electron chi connectivity index (χ3n) is 5.44. The maximum absolute atomic E-state index is 12.4. The summed E-state index contributed by atoms with van der Waals surface area (Å²) in [6, 6.07) is 7.00. The lowest BCUT2D eigenvalue weighted by Crippen LogP contribution is -2.38. The van der Waals surface area contributed by atoms with Gasteiger partial charge in [0.2, 0.25) is 23.6 Å². The number of rotatable bonds is 4. The summed E-state index contributed by atoms with van der Waals surface area (Å²) in [4.78, 5) is 51.7. The van der Waals surface area contributed by atoms with Gasteiger partial charge in [-0.05, 0) is 43.5 Å². The molecule has 1 aliphatic carbocycles. The van der Waals surface area contributed by atoms with Gasteiger partial charge in [-0.3, -0.25) is 24.1 Å². The third kappa shape index (κ3) is 3.25. The lowest BCUT2D eigenvalue weighted by Gasteiger charge is -2.17. The topological polar surface area (TPSA) is 86.8 Å². The Morgan fingerprint density at radius 2 is 1.63 bits per heavy atom. The molecule has 140 valence electrons. The predicted molar refractivity (Wildman–Crippen MR) is 98.7 cm³/mol. The number of nitrogens with one attached hydrogen (secondary N) is 1. The maximum atomic E-state index is 12.4. The van der Waals surface area contributed by atoms with E-state index in [4.69, 9.17) is 0 Å². The molecule has 7 nitrogen and oxygen atoms in total. The normalized spacial score (nSPS) is 24.5. The van der Waals surface area contributed by atoms with Crippen LogP contribution < -0.4 is 10.2 Å². The van der Waals surface area contributed by atoms with Gasteiger partial charge in [0.15, 0.2) is 0 Å². The van der Waals surface area contributed by atoms with Gasteiger partial charge in [-0.2, -0.15) is 0 Å². The first kappa shape index (κ1) is 17.5. The van der Waals surface area contributed by atoms with E-state index in [-0.39, 0.29) is 36.1 Å². The predicted octanol–water partition coefficient (Wildman–Crippen LogP) is 1.70. The Labute approximate surface area is 157 Å². The van der Waals surface area contributed by atoms with Gasteiger partial charge in [-0.25, -0.2) is 0 Å². The van der Waals surface area contributed by atoms with Crippen LogP contribution >= 0.6 is 0 Å². The molecular weight excluding hydrogens is 346 g/mol. The first-order valence-electron chi connectivity index (χ1n) is 9.25. The van der Waals surface area contributed by atoms with Crippen LogP contribution in [0.3, 0.4) is 0 Å². The summed E-state index contributed by atoms with van der Waals surface area (Å²) in [7, 11) is 0. The lowest BCUT2D eigenvalue weighted by molar-refractivity contribution is -0.142. The SMILES string of the molecule is O=C(CN1C(=O)[C@H]2CC=CC[C@H]2C1=O)Nc1ccc(N2CCCC2=O)cc1. The molecule has 27 heavy (non-hydrogen) atoms. The molecule has 1 aromatic rings. The van der Waals surface area contributed by atoms with E-state index in [1.165, 1.54) is 0 Å². The van der Waals surface area contributed by atoms with Gasteiger partial charge in [0.1, 0.15) is 6.54 Å². The minimum absolute atomic E-state index is 0.105. The molecule has 4 rings (SSSR count). The van der Waals surface area contributed by atoms with Gasteiger partial charge in [0, 0.05) is 24.3 Å². The van der Waals surface area contributed by atoms with Crippen molar-refractivity contribution in [2.45, 2.75) is 25.7 Å². The monoisotopic (exact) mass is 367 g/mol. The summed E-state index contributed by atoms with van der Waals surface area (Å²) in [5.74, 6) is -1.47. The van der Waals surface area contributed by atoms with Crippen LogP contribution in [0, 0.1) is 11.8 Å². The Kier molecular flexibility index (Phi) is 4.51. The molecule has 1 N–H and O–H groups in total. The quantitative estimate of drug-likeness (QED) is 0.648. The average Bonchev–Trinajstić information content (AvgIpc) is 3.20. The van der Waals surface area contributed by atoms with Crippen molar-refractivity contribution >= 4 is 35.0 Å². The smallest absolute Gasteiger partial charge is 0.244 e. The Hall–Kier alpha value is -2.96. The standard InChI is InChI=1S/C20H21N3O4/c24-17(12-23-19(26)15-4-1-2-5-16(15)20(23)27)21-13-7-9-14(10-8-13)22-11-3-6-18(22)25/h1-2,7-10,15-16H,3-6,11-12H2,(H,21,24)/t15-,16+. The molecule has 0 aromatic heterocycles. The van der Waals surface area contributed by atoms with Crippen LogP contribution in [0.4, 0.5) is 11.4 Å². The molecule has 7 heteroatoms. The van der Waals surface area contributed by atoms with E-state index in [1.54, 1.807) is 29.2 Å². The number of imide groups is 1. The number of likely N-dealkylation sites (tertiary alicyclic amines) is 1. The number of fused-ring (bicyclic) bond motifs is 1. The molecule has 2 saturated heterocycles. The van der Waals surface area contributed by atoms with Crippen molar-refractivity contribution in [2.24, 2.45) is 11.8 Å². The number of anilines is 2. The summed E-state index contributed by atoms with van der Waals surface area (Å²) in [5, 5.41) is 2.72. The van der Waals surface area contributed by atoms with Gasteiger partial charge in [-0.15, -0.1) is 0 Å². The van der Waals surface area contributed by atoms with Crippen LogP contribution in [0.25, 0.3) is 0 Å². The molecule has 1 aromatic carbocycles. The molecule has 0 radical (unpaired) electrons. The van der Waals surface area contributed by atoms with Gasteiger partial charge in [-0.1, -0.05) is 12.2 Å². The Bertz CT molecular complexity index is 804. The van der Waals surface area contributed by atoms with Crippen molar-refractivity contribution in [3.05, 3.63) is 36.4 Å². The van der Waals surface area contributed by atoms with Crippen molar-refractivity contribution in [1.82, 2.24) is 4.90 Å². The van der Waals surface area contributed by atoms with E-state index in [2.05, 4.69) is 5.32 Å². The molecule has 2 fully saturated rings. The van der Waals surface area contributed by atoms with Crippen molar-refractivity contribution in [2.75, 3.05) is 23.3 Å². The van der Waals surface area contributed by atoms with Crippen molar-refractivity contribution < 1.29 is 19.2 Å². The van der Waals surface area contributed by atoms with Gasteiger partial charge >= 0.3 is 0 Å². The molecular formula is C20H21N3O4. The molecule has 2 aliphatic heterocycles. The highest BCUT2D eigenvalue weighted by Gasteiger charge is 2.47. The molecule has 0 saturated carbocycles. The van der Waals surface area contributed by atoms with Crippen LogP contribution in [-0.4, -0.2) is 41.6 Å². The zero-order valence-corrected chi connectivity index (χ0v) is 14.9. The minimum atomic E-state index is -0.409. The minimum Gasteiger partial charge on any atom is -0.325 e. The average molecular weight is 367 g/mol. The van der Waals surface area contributed by atoms with Crippen molar-refractivity contribution in [1.29, 1.82) is 0 Å².